The maximum atomic E-state index is 12.7. The van der Waals surface area contributed by atoms with Crippen LogP contribution < -0.4 is 0 Å². The van der Waals surface area contributed by atoms with Gasteiger partial charge >= 0.3 is 0 Å². The van der Waals surface area contributed by atoms with Gasteiger partial charge in [0, 0.05) is 29.4 Å². The Morgan fingerprint density at radius 3 is 2.04 bits per heavy atom. The van der Waals surface area contributed by atoms with E-state index in [9.17, 15) is 8.42 Å². The Hall–Kier alpha value is -0.830. The lowest BCUT2D eigenvalue weighted by molar-refractivity contribution is 0.318. The average molecular weight is 428 g/mol. The molecule has 0 atom stereocenters. The molecule has 4 rings (SSSR count). The average Bonchev–Trinajstić information content (AvgIpc) is 3.32. The summed E-state index contributed by atoms with van der Waals surface area (Å²) in [7, 11) is -3.40. The fraction of sp³-hybridized carbons (Fsp3) is 0.500. The quantitative estimate of drug-likeness (QED) is 0.744. The first-order chi connectivity index (χ1) is 11.5. The number of hydrogen-bond acceptors (Lipinski definition) is 5. The number of halogens is 1. The van der Waals surface area contributed by atoms with E-state index in [4.69, 9.17) is 0 Å². The van der Waals surface area contributed by atoms with Crippen LogP contribution in [0, 0.1) is 0 Å². The second-order valence-electron chi connectivity index (χ2n) is 6.39. The summed E-state index contributed by atoms with van der Waals surface area (Å²) in [5.41, 5.74) is 0. The first-order valence-corrected chi connectivity index (χ1v) is 11.2. The molecule has 0 amide bonds. The van der Waals surface area contributed by atoms with Crippen LogP contribution in [0.5, 0.6) is 0 Å². The predicted octanol–water partition coefficient (Wildman–Crippen LogP) is 3.75. The van der Waals surface area contributed by atoms with E-state index < -0.39 is 10.0 Å². The Kier molecular flexibility index (Phi) is 4.49. The van der Waals surface area contributed by atoms with E-state index in [0.29, 0.717) is 29.8 Å². The standard InChI is InChI=1S/C16H18BrN3O2S2/c17-13-3-5-14(6-4-13)24(21,22)20-9-7-12(8-10-20)16-19-18-15(23-16)11-1-2-11/h3-6,11-12H,1-2,7-10H2. The molecule has 1 aromatic heterocycles. The molecule has 2 heterocycles. The lowest BCUT2D eigenvalue weighted by Crippen LogP contribution is -2.37. The van der Waals surface area contributed by atoms with Crippen molar-refractivity contribution in [3.05, 3.63) is 38.8 Å². The molecular weight excluding hydrogens is 410 g/mol. The SMILES string of the molecule is O=S(=O)(c1ccc(Br)cc1)N1CCC(c2nnc(C3CC3)s2)CC1. The molecule has 1 aliphatic heterocycles. The molecule has 0 N–H and O–H groups in total. The van der Waals surface area contributed by atoms with Gasteiger partial charge in [0.25, 0.3) is 0 Å². The minimum atomic E-state index is -3.40. The molecular formula is C16H18BrN3O2S2. The van der Waals surface area contributed by atoms with E-state index in [-0.39, 0.29) is 0 Å². The van der Waals surface area contributed by atoms with Crippen molar-refractivity contribution >= 4 is 37.3 Å². The van der Waals surface area contributed by atoms with Gasteiger partial charge in [0.2, 0.25) is 10.0 Å². The highest BCUT2D eigenvalue weighted by atomic mass is 79.9. The van der Waals surface area contributed by atoms with Gasteiger partial charge in [0.15, 0.2) is 0 Å². The Bertz CT molecular complexity index is 823. The van der Waals surface area contributed by atoms with Crippen LogP contribution in [0.1, 0.15) is 47.5 Å². The van der Waals surface area contributed by atoms with Crippen molar-refractivity contribution in [2.75, 3.05) is 13.1 Å². The summed E-state index contributed by atoms with van der Waals surface area (Å²) in [5, 5.41) is 10.9. The lowest BCUT2D eigenvalue weighted by atomic mass is 9.99. The van der Waals surface area contributed by atoms with Crippen LogP contribution in [0.15, 0.2) is 33.6 Å². The Morgan fingerprint density at radius 2 is 1.50 bits per heavy atom. The van der Waals surface area contributed by atoms with Gasteiger partial charge in [0.1, 0.15) is 10.0 Å². The number of nitrogens with zero attached hydrogens (tertiary/aromatic N) is 3. The smallest absolute Gasteiger partial charge is 0.207 e. The van der Waals surface area contributed by atoms with Gasteiger partial charge in [0.05, 0.1) is 4.90 Å². The molecule has 1 aromatic carbocycles. The normalized spacial score (nSPS) is 20.4. The molecule has 2 aromatic rings. The topological polar surface area (TPSA) is 63.2 Å². The third kappa shape index (κ3) is 3.29. The van der Waals surface area contributed by atoms with E-state index in [0.717, 1.165) is 27.3 Å². The zero-order valence-electron chi connectivity index (χ0n) is 13.1. The minimum Gasteiger partial charge on any atom is -0.207 e. The number of hydrogen-bond donors (Lipinski definition) is 0. The summed E-state index contributed by atoms with van der Waals surface area (Å²) in [6.07, 6.45) is 4.10. The van der Waals surface area contributed by atoms with E-state index in [1.165, 1.54) is 12.8 Å². The Labute approximate surface area is 154 Å². The van der Waals surface area contributed by atoms with Gasteiger partial charge in [-0.15, -0.1) is 21.5 Å². The van der Waals surface area contributed by atoms with Gasteiger partial charge in [-0.05, 0) is 49.9 Å². The third-order valence-corrected chi connectivity index (χ3v) is 8.33. The highest BCUT2D eigenvalue weighted by molar-refractivity contribution is 9.10. The summed E-state index contributed by atoms with van der Waals surface area (Å²) in [6.45, 7) is 1.09. The molecule has 1 saturated heterocycles. The lowest BCUT2D eigenvalue weighted by Gasteiger charge is -2.30. The van der Waals surface area contributed by atoms with Gasteiger partial charge in [-0.2, -0.15) is 4.31 Å². The van der Waals surface area contributed by atoms with Crippen LogP contribution in [0.25, 0.3) is 0 Å². The largest absolute Gasteiger partial charge is 0.243 e. The Morgan fingerprint density at radius 1 is 0.958 bits per heavy atom. The van der Waals surface area contributed by atoms with Crippen LogP contribution in [-0.2, 0) is 10.0 Å². The molecule has 2 fully saturated rings. The number of benzene rings is 1. The summed E-state index contributed by atoms with van der Waals surface area (Å²) in [4.78, 5) is 0.357. The monoisotopic (exact) mass is 427 g/mol. The van der Waals surface area contributed by atoms with Crippen molar-refractivity contribution in [3.8, 4) is 0 Å². The summed E-state index contributed by atoms with van der Waals surface area (Å²) < 4.78 is 27.9. The minimum absolute atomic E-state index is 0.339. The van der Waals surface area contributed by atoms with Crippen molar-refractivity contribution in [1.82, 2.24) is 14.5 Å². The van der Waals surface area contributed by atoms with Gasteiger partial charge in [-0.1, -0.05) is 15.9 Å². The number of sulfonamides is 1. The number of piperidine rings is 1. The molecule has 2 aliphatic rings. The van der Waals surface area contributed by atoms with Crippen LogP contribution in [-0.4, -0.2) is 36.0 Å². The zero-order chi connectivity index (χ0) is 16.7. The molecule has 5 nitrogen and oxygen atoms in total. The van der Waals surface area contributed by atoms with Crippen LogP contribution >= 0.6 is 27.3 Å². The van der Waals surface area contributed by atoms with Gasteiger partial charge in [-0.3, -0.25) is 0 Å². The van der Waals surface area contributed by atoms with E-state index in [1.54, 1.807) is 39.9 Å². The maximum absolute atomic E-state index is 12.7. The third-order valence-electron chi connectivity index (χ3n) is 4.64. The second kappa shape index (κ2) is 6.48. The fourth-order valence-electron chi connectivity index (χ4n) is 3.01. The van der Waals surface area contributed by atoms with Crippen LogP contribution in [0.4, 0.5) is 0 Å². The zero-order valence-corrected chi connectivity index (χ0v) is 16.3. The Balaban J connectivity index is 1.44. The molecule has 24 heavy (non-hydrogen) atoms. The predicted molar refractivity (Wildman–Crippen MR) is 96.8 cm³/mol. The molecule has 0 radical (unpaired) electrons. The maximum Gasteiger partial charge on any atom is 0.243 e. The summed E-state index contributed by atoms with van der Waals surface area (Å²) in [6, 6.07) is 6.83. The first kappa shape index (κ1) is 16.6. The number of aromatic nitrogens is 2. The van der Waals surface area contributed by atoms with E-state index in [1.807, 2.05) is 0 Å². The molecule has 0 unspecified atom stereocenters. The van der Waals surface area contributed by atoms with Crippen molar-refractivity contribution in [3.63, 3.8) is 0 Å². The van der Waals surface area contributed by atoms with Crippen molar-refractivity contribution in [2.24, 2.45) is 0 Å². The second-order valence-corrected chi connectivity index (χ2v) is 10.3. The van der Waals surface area contributed by atoms with E-state index >= 15 is 0 Å². The molecule has 1 aliphatic carbocycles. The van der Waals surface area contributed by atoms with Crippen molar-refractivity contribution < 1.29 is 8.42 Å². The molecule has 128 valence electrons. The highest BCUT2D eigenvalue weighted by Crippen LogP contribution is 2.43. The van der Waals surface area contributed by atoms with Gasteiger partial charge < -0.3 is 0 Å². The van der Waals surface area contributed by atoms with E-state index in [2.05, 4.69) is 26.1 Å². The highest BCUT2D eigenvalue weighted by Gasteiger charge is 2.33. The van der Waals surface area contributed by atoms with Crippen molar-refractivity contribution in [2.45, 2.75) is 42.4 Å². The summed E-state index contributed by atoms with van der Waals surface area (Å²) >= 11 is 5.06. The number of rotatable bonds is 4. The first-order valence-electron chi connectivity index (χ1n) is 8.13. The molecule has 0 bridgehead atoms. The van der Waals surface area contributed by atoms with Crippen LogP contribution in [0.3, 0.4) is 0 Å². The molecule has 1 saturated carbocycles. The fourth-order valence-corrected chi connectivity index (χ4v) is 5.92. The van der Waals surface area contributed by atoms with Gasteiger partial charge in [-0.25, -0.2) is 8.42 Å². The summed E-state index contributed by atoms with van der Waals surface area (Å²) in [5.74, 6) is 0.973. The van der Waals surface area contributed by atoms with Crippen molar-refractivity contribution in [1.29, 1.82) is 0 Å². The van der Waals surface area contributed by atoms with Crippen LogP contribution in [0.2, 0.25) is 0 Å². The molecule has 0 spiro atoms. The molecule has 8 heteroatoms.